The molecule has 2 rings (SSSR count). The average molecular weight is 384 g/mol. The normalized spacial score (nSPS) is 10.9. The zero-order valence-corrected chi connectivity index (χ0v) is 14.4. The summed E-state index contributed by atoms with van der Waals surface area (Å²) in [5, 5.41) is 9.51. The molecule has 0 spiro atoms. The SMILES string of the molecule is CCOc1cc(/C=C\c2ncc(C(=O)O)s2)cc(Br)c1OC. The molecule has 5 nitrogen and oxygen atoms in total. The molecule has 7 heteroatoms. The number of rotatable bonds is 6. The number of halogens is 1. The molecule has 1 aromatic carbocycles. The van der Waals surface area contributed by atoms with Crippen molar-refractivity contribution in [1.29, 1.82) is 0 Å². The molecule has 0 unspecified atom stereocenters. The van der Waals surface area contributed by atoms with Crippen LogP contribution in [-0.4, -0.2) is 29.8 Å². The molecule has 0 saturated heterocycles. The van der Waals surface area contributed by atoms with Gasteiger partial charge in [0.15, 0.2) is 11.5 Å². The Morgan fingerprint density at radius 1 is 1.45 bits per heavy atom. The number of hydrogen-bond donors (Lipinski definition) is 1. The summed E-state index contributed by atoms with van der Waals surface area (Å²) in [6.45, 7) is 2.43. The molecule has 0 fully saturated rings. The minimum absolute atomic E-state index is 0.213. The Hall–Kier alpha value is -1.86. The molecular weight excluding hydrogens is 370 g/mol. The van der Waals surface area contributed by atoms with Gasteiger partial charge >= 0.3 is 5.97 Å². The van der Waals surface area contributed by atoms with Crippen molar-refractivity contribution in [2.24, 2.45) is 0 Å². The second kappa shape index (κ2) is 7.42. The first kappa shape index (κ1) is 16.5. The standard InChI is InChI=1S/C15H14BrNO4S/c1-3-21-11-7-9(6-10(16)14(11)20-2)4-5-13-17-8-12(22-13)15(18)19/h4-8H,3H2,1-2H3,(H,18,19)/b5-4-. The lowest BCUT2D eigenvalue weighted by atomic mass is 10.2. The van der Waals surface area contributed by atoms with Crippen molar-refractivity contribution < 1.29 is 19.4 Å². The minimum atomic E-state index is -0.969. The average Bonchev–Trinajstić information content (AvgIpc) is 2.94. The Labute approximate surface area is 140 Å². The van der Waals surface area contributed by atoms with Gasteiger partial charge in [0, 0.05) is 0 Å². The highest BCUT2D eigenvalue weighted by Gasteiger charge is 2.10. The minimum Gasteiger partial charge on any atom is -0.492 e. The van der Waals surface area contributed by atoms with E-state index in [1.807, 2.05) is 25.1 Å². The van der Waals surface area contributed by atoms with Crippen LogP contribution in [0.25, 0.3) is 12.2 Å². The number of thiazole rings is 1. The lowest BCUT2D eigenvalue weighted by Crippen LogP contribution is -1.96. The van der Waals surface area contributed by atoms with E-state index in [2.05, 4.69) is 20.9 Å². The first-order valence-electron chi connectivity index (χ1n) is 6.42. The summed E-state index contributed by atoms with van der Waals surface area (Å²) in [5.74, 6) is 0.314. The molecule has 0 aliphatic heterocycles. The van der Waals surface area contributed by atoms with Crippen molar-refractivity contribution in [2.75, 3.05) is 13.7 Å². The first-order chi connectivity index (χ1) is 10.5. The van der Waals surface area contributed by atoms with Gasteiger partial charge in [0.2, 0.25) is 0 Å². The molecule has 116 valence electrons. The second-order valence-electron chi connectivity index (χ2n) is 4.17. The van der Waals surface area contributed by atoms with E-state index in [0.717, 1.165) is 21.4 Å². The molecule has 0 aliphatic rings. The molecule has 1 N–H and O–H groups in total. The lowest BCUT2D eigenvalue weighted by molar-refractivity contribution is 0.0702. The lowest BCUT2D eigenvalue weighted by Gasteiger charge is -2.11. The van der Waals surface area contributed by atoms with Crippen molar-refractivity contribution in [3.63, 3.8) is 0 Å². The van der Waals surface area contributed by atoms with E-state index in [4.69, 9.17) is 14.6 Å². The number of aromatic nitrogens is 1. The smallest absolute Gasteiger partial charge is 0.347 e. The number of aromatic carboxylic acids is 1. The maximum atomic E-state index is 10.8. The zero-order valence-electron chi connectivity index (χ0n) is 12.0. The fourth-order valence-electron chi connectivity index (χ4n) is 1.78. The summed E-state index contributed by atoms with van der Waals surface area (Å²) in [4.78, 5) is 15.1. The second-order valence-corrected chi connectivity index (χ2v) is 6.08. The van der Waals surface area contributed by atoms with Gasteiger partial charge in [-0.15, -0.1) is 11.3 Å². The van der Waals surface area contributed by atoms with Gasteiger partial charge in [-0.25, -0.2) is 9.78 Å². The van der Waals surface area contributed by atoms with Crippen LogP contribution in [0.15, 0.2) is 22.8 Å². The molecular formula is C15H14BrNO4S. The van der Waals surface area contributed by atoms with Crippen LogP contribution >= 0.6 is 27.3 Å². The zero-order chi connectivity index (χ0) is 16.1. The van der Waals surface area contributed by atoms with Crippen molar-refractivity contribution in [3.05, 3.63) is 38.3 Å². The highest BCUT2D eigenvalue weighted by atomic mass is 79.9. The molecule has 0 amide bonds. The van der Waals surface area contributed by atoms with Gasteiger partial charge in [-0.05, 0) is 46.6 Å². The number of ether oxygens (including phenoxy) is 2. The molecule has 0 bridgehead atoms. The number of carboxylic acids is 1. The maximum absolute atomic E-state index is 10.8. The topological polar surface area (TPSA) is 68.7 Å². The molecule has 0 saturated carbocycles. The molecule has 1 aromatic heterocycles. The van der Waals surface area contributed by atoms with Gasteiger partial charge < -0.3 is 14.6 Å². The fourth-order valence-corrected chi connectivity index (χ4v) is 3.06. The Kier molecular flexibility index (Phi) is 5.57. The van der Waals surface area contributed by atoms with Gasteiger partial charge in [-0.2, -0.15) is 0 Å². The van der Waals surface area contributed by atoms with Crippen LogP contribution in [0.4, 0.5) is 0 Å². The monoisotopic (exact) mass is 383 g/mol. The van der Waals surface area contributed by atoms with E-state index in [0.29, 0.717) is 23.1 Å². The van der Waals surface area contributed by atoms with E-state index >= 15 is 0 Å². The van der Waals surface area contributed by atoms with E-state index < -0.39 is 5.97 Å². The largest absolute Gasteiger partial charge is 0.492 e. The Morgan fingerprint density at radius 2 is 2.23 bits per heavy atom. The number of carbonyl (C=O) groups is 1. The summed E-state index contributed by atoms with van der Waals surface area (Å²) >= 11 is 4.57. The van der Waals surface area contributed by atoms with Crippen LogP contribution < -0.4 is 9.47 Å². The molecule has 22 heavy (non-hydrogen) atoms. The molecule has 0 aliphatic carbocycles. The van der Waals surface area contributed by atoms with Crippen molar-refractivity contribution >= 4 is 45.4 Å². The van der Waals surface area contributed by atoms with Crippen LogP contribution in [0.1, 0.15) is 27.2 Å². The summed E-state index contributed by atoms with van der Waals surface area (Å²) < 4.78 is 11.6. The van der Waals surface area contributed by atoms with Crippen LogP contribution in [0.5, 0.6) is 11.5 Å². The number of benzene rings is 1. The van der Waals surface area contributed by atoms with Gasteiger partial charge in [0.25, 0.3) is 0 Å². The maximum Gasteiger partial charge on any atom is 0.347 e. The third-order valence-electron chi connectivity index (χ3n) is 2.69. The summed E-state index contributed by atoms with van der Waals surface area (Å²) in [7, 11) is 1.58. The molecule has 1 heterocycles. The molecule has 2 aromatic rings. The van der Waals surface area contributed by atoms with E-state index in [-0.39, 0.29) is 4.88 Å². The third-order valence-corrected chi connectivity index (χ3v) is 4.23. The Morgan fingerprint density at radius 3 is 2.82 bits per heavy atom. The molecule has 0 atom stereocenters. The summed E-state index contributed by atoms with van der Waals surface area (Å²) in [5.41, 5.74) is 0.892. The van der Waals surface area contributed by atoms with E-state index in [1.165, 1.54) is 6.20 Å². The number of carboxylic acid groups (broad SMARTS) is 1. The van der Waals surface area contributed by atoms with Crippen LogP contribution in [0.3, 0.4) is 0 Å². The van der Waals surface area contributed by atoms with Gasteiger partial charge in [0.1, 0.15) is 9.88 Å². The van der Waals surface area contributed by atoms with Gasteiger partial charge in [0.05, 0.1) is 24.4 Å². The quantitative estimate of drug-likeness (QED) is 0.809. The highest BCUT2D eigenvalue weighted by molar-refractivity contribution is 9.10. The predicted molar refractivity (Wildman–Crippen MR) is 89.9 cm³/mol. The van der Waals surface area contributed by atoms with Crippen LogP contribution in [0, 0.1) is 0 Å². The Balaban J connectivity index is 2.28. The van der Waals surface area contributed by atoms with E-state index in [1.54, 1.807) is 13.2 Å². The first-order valence-corrected chi connectivity index (χ1v) is 8.03. The van der Waals surface area contributed by atoms with Crippen molar-refractivity contribution in [3.8, 4) is 11.5 Å². The van der Waals surface area contributed by atoms with Gasteiger partial charge in [-0.3, -0.25) is 0 Å². The van der Waals surface area contributed by atoms with E-state index in [9.17, 15) is 4.79 Å². The van der Waals surface area contributed by atoms with Crippen molar-refractivity contribution in [2.45, 2.75) is 6.92 Å². The summed E-state index contributed by atoms with van der Waals surface area (Å²) in [6, 6.07) is 3.75. The number of nitrogens with zero attached hydrogens (tertiary/aromatic N) is 1. The molecule has 0 radical (unpaired) electrons. The highest BCUT2D eigenvalue weighted by Crippen LogP contribution is 2.37. The van der Waals surface area contributed by atoms with Crippen LogP contribution in [0.2, 0.25) is 0 Å². The van der Waals surface area contributed by atoms with Gasteiger partial charge in [-0.1, -0.05) is 6.08 Å². The third kappa shape index (κ3) is 3.86. The van der Waals surface area contributed by atoms with Crippen molar-refractivity contribution in [1.82, 2.24) is 4.98 Å². The van der Waals surface area contributed by atoms with Crippen LogP contribution in [-0.2, 0) is 0 Å². The number of methoxy groups -OCH3 is 1. The fraction of sp³-hybridized carbons (Fsp3) is 0.200. The predicted octanol–water partition coefficient (Wildman–Crippen LogP) is 4.18. The number of hydrogen-bond acceptors (Lipinski definition) is 5. The summed E-state index contributed by atoms with van der Waals surface area (Å²) in [6.07, 6.45) is 4.96. The Bertz CT molecular complexity index is 712.